The van der Waals surface area contributed by atoms with Crippen LogP contribution in [0.5, 0.6) is 0 Å². The fourth-order valence-corrected chi connectivity index (χ4v) is 4.58. The largest absolute Gasteiger partial charge is 0.365 e. The molecule has 0 unspecified atom stereocenters. The molecule has 1 aromatic carbocycles. The Bertz CT molecular complexity index is 1530. The standard InChI is InChI=1S/C26H23F3N8/c1-34-16-19(12-32-34)18-2-7-23-24(15-33-37(23)17-18)35-8-10-36(11-9-35)25-30-13-21(14-31-25)26(28,29)20-3-5-22(27)6-4-20/h2-7,12-17H,8-11H2,1H3. The summed E-state index contributed by atoms with van der Waals surface area (Å²) in [5, 5.41) is 8.78. The van der Waals surface area contributed by atoms with Crippen molar-refractivity contribution in [1.82, 2.24) is 29.4 Å². The highest BCUT2D eigenvalue weighted by atomic mass is 19.3. The number of aryl methyl sites for hydroxylation is 1. The number of piperazine rings is 1. The molecule has 0 N–H and O–H groups in total. The van der Waals surface area contributed by atoms with E-state index in [0.717, 1.165) is 59.0 Å². The van der Waals surface area contributed by atoms with Gasteiger partial charge >= 0.3 is 5.92 Å². The predicted octanol–water partition coefficient (Wildman–Crippen LogP) is 4.13. The number of pyridine rings is 1. The third kappa shape index (κ3) is 4.26. The molecule has 5 heterocycles. The molecule has 0 atom stereocenters. The van der Waals surface area contributed by atoms with E-state index >= 15 is 0 Å². The molecule has 0 saturated carbocycles. The summed E-state index contributed by atoms with van der Waals surface area (Å²) in [6.07, 6.45) is 9.92. The number of fused-ring (bicyclic) bond motifs is 1. The average Bonchev–Trinajstić information content (AvgIpc) is 3.55. The van der Waals surface area contributed by atoms with Crippen molar-refractivity contribution in [2.24, 2.45) is 7.05 Å². The fourth-order valence-electron chi connectivity index (χ4n) is 4.58. The van der Waals surface area contributed by atoms with Crippen molar-refractivity contribution in [3.05, 3.63) is 90.5 Å². The van der Waals surface area contributed by atoms with Crippen molar-refractivity contribution < 1.29 is 13.2 Å². The molecular formula is C26H23F3N8. The highest BCUT2D eigenvalue weighted by molar-refractivity contribution is 5.75. The van der Waals surface area contributed by atoms with Crippen LogP contribution in [0.4, 0.5) is 24.8 Å². The minimum Gasteiger partial charge on any atom is -0.365 e. The Balaban J connectivity index is 1.14. The number of nitrogens with zero attached hydrogens (tertiary/aromatic N) is 8. The molecule has 4 aromatic heterocycles. The van der Waals surface area contributed by atoms with Gasteiger partial charge < -0.3 is 9.80 Å². The van der Waals surface area contributed by atoms with Crippen LogP contribution in [0.1, 0.15) is 11.1 Å². The Morgan fingerprint density at radius 1 is 0.730 bits per heavy atom. The van der Waals surface area contributed by atoms with E-state index in [4.69, 9.17) is 0 Å². The van der Waals surface area contributed by atoms with E-state index in [1.165, 1.54) is 0 Å². The van der Waals surface area contributed by atoms with E-state index in [9.17, 15) is 13.2 Å². The first-order valence-electron chi connectivity index (χ1n) is 11.8. The predicted molar refractivity (Wildman–Crippen MR) is 133 cm³/mol. The molecule has 11 heteroatoms. The normalized spacial score (nSPS) is 14.5. The average molecular weight is 505 g/mol. The molecule has 37 heavy (non-hydrogen) atoms. The van der Waals surface area contributed by atoms with Crippen LogP contribution in [0, 0.1) is 5.82 Å². The van der Waals surface area contributed by atoms with E-state index in [1.807, 2.05) is 41.3 Å². The number of hydrogen-bond acceptors (Lipinski definition) is 6. The summed E-state index contributed by atoms with van der Waals surface area (Å²) in [7, 11) is 1.89. The second-order valence-electron chi connectivity index (χ2n) is 9.01. The number of alkyl halides is 2. The third-order valence-electron chi connectivity index (χ3n) is 6.64. The SMILES string of the molecule is Cn1cc(-c2ccc3c(N4CCN(c5ncc(C(F)(F)c6ccc(F)cc6)cn5)CC4)cnn3c2)cn1. The van der Waals surface area contributed by atoms with Crippen molar-refractivity contribution in [2.45, 2.75) is 5.92 Å². The van der Waals surface area contributed by atoms with Crippen LogP contribution in [0.2, 0.25) is 0 Å². The van der Waals surface area contributed by atoms with Crippen molar-refractivity contribution in [3.63, 3.8) is 0 Å². The summed E-state index contributed by atoms with van der Waals surface area (Å²) in [5.74, 6) is -3.48. The molecule has 6 rings (SSSR count). The Hall–Kier alpha value is -4.41. The van der Waals surface area contributed by atoms with Crippen molar-refractivity contribution in [2.75, 3.05) is 36.0 Å². The smallest absolute Gasteiger partial charge is 0.301 e. The molecule has 1 aliphatic rings. The summed E-state index contributed by atoms with van der Waals surface area (Å²) in [4.78, 5) is 12.6. The zero-order valence-electron chi connectivity index (χ0n) is 20.0. The van der Waals surface area contributed by atoms with Crippen molar-refractivity contribution in [1.29, 1.82) is 0 Å². The zero-order valence-corrected chi connectivity index (χ0v) is 20.0. The molecule has 0 amide bonds. The molecule has 0 aliphatic carbocycles. The number of anilines is 2. The summed E-state index contributed by atoms with van der Waals surface area (Å²) < 4.78 is 46.4. The van der Waals surface area contributed by atoms with Gasteiger partial charge in [0.2, 0.25) is 5.95 Å². The number of halogens is 3. The zero-order chi connectivity index (χ0) is 25.6. The van der Waals surface area contributed by atoms with Crippen LogP contribution in [0.3, 0.4) is 0 Å². The van der Waals surface area contributed by atoms with E-state index in [2.05, 4.69) is 37.2 Å². The van der Waals surface area contributed by atoms with Gasteiger partial charge in [0.1, 0.15) is 5.82 Å². The van der Waals surface area contributed by atoms with Crippen LogP contribution >= 0.6 is 0 Å². The lowest BCUT2D eigenvalue weighted by Gasteiger charge is -2.35. The Kier molecular flexibility index (Phi) is 5.54. The first-order chi connectivity index (χ1) is 17.9. The molecular weight excluding hydrogens is 481 g/mol. The first-order valence-corrected chi connectivity index (χ1v) is 11.8. The maximum Gasteiger partial charge on any atom is 0.301 e. The highest BCUT2D eigenvalue weighted by Crippen LogP contribution is 2.35. The highest BCUT2D eigenvalue weighted by Gasteiger charge is 2.35. The topological polar surface area (TPSA) is 67.4 Å². The van der Waals surface area contributed by atoms with Gasteiger partial charge in [-0.2, -0.15) is 19.0 Å². The van der Waals surface area contributed by atoms with Crippen LogP contribution in [-0.2, 0) is 13.0 Å². The first kappa shape index (κ1) is 23.0. The quantitative estimate of drug-likeness (QED) is 0.359. The number of aromatic nitrogens is 6. The third-order valence-corrected chi connectivity index (χ3v) is 6.64. The van der Waals surface area contributed by atoms with Crippen LogP contribution < -0.4 is 9.80 Å². The van der Waals surface area contributed by atoms with E-state index < -0.39 is 11.7 Å². The Morgan fingerprint density at radius 3 is 2.11 bits per heavy atom. The van der Waals surface area contributed by atoms with Crippen LogP contribution in [0.15, 0.2) is 73.6 Å². The molecule has 1 saturated heterocycles. The summed E-state index contributed by atoms with van der Waals surface area (Å²) >= 11 is 0. The minimum absolute atomic E-state index is 0.306. The van der Waals surface area contributed by atoms with E-state index in [0.29, 0.717) is 32.1 Å². The van der Waals surface area contributed by atoms with Crippen molar-refractivity contribution >= 4 is 17.2 Å². The molecule has 188 valence electrons. The Labute approximate surface area is 210 Å². The summed E-state index contributed by atoms with van der Waals surface area (Å²) in [5.41, 5.74) is 3.46. The van der Waals surface area contributed by atoms with Gasteiger partial charge in [-0.15, -0.1) is 0 Å². The van der Waals surface area contributed by atoms with Gasteiger partial charge in [0.25, 0.3) is 0 Å². The van der Waals surface area contributed by atoms with Gasteiger partial charge in [-0.05, 0) is 30.3 Å². The van der Waals surface area contributed by atoms with Gasteiger partial charge in [0, 0.05) is 74.7 Å². The van der Waals surface area contributed by atoms with Gasteiger partial charge in [-0.3, -0.25) is 4.68 Å². The van der Waals surface area contributed by atoms with Gasteiger partial charge in [-0.1, -0.05) is 6.07 Å². The summed E-state index contributed by atoms with van der Waals surface area (Å²) in [6.45, 7) is 2.70. The minimum atomic E-state index is -3.31. The monoisotopic (exact) mass is 504 g/mol. The van der Waals surface area contributed by atoms with Gasteiger partial charge in [-0.25, -0.2) is 18.9 Å². The molecule has 5 aromatic rings. The Morgan fingerprint density at radius 2 is 1.43 bits per heavy atom. The maximum absolute atomic E-state index is 14.8. The second-order valence-corrected chi connectivity index (χ2v) is 9.01. The van der Waals surface area contributed by atoms with E-state index in [1.54, 1.807) is 4.68 Å². The molecule has 0 bridgehead atoms. The van der Waals surface area contributed by atoms with Crippen molar-refractivity contribution in [3.8, 4) is 11.1 Å². The molecule has 0 radical (unpaired) electrons. The van der Waals surface area contributed by atoms with Gasteiger partial charge in [0.15, 0.2) is 0 Å². The molecule has 1 aliphatic heterocycles. The molecule has 1 fully saturated rings. The number of benzene rings is 1. The molecule has 0 spiro atoms. The van der Waals surface area contributed by atoms with Crippen LogP contribution in [-0.4, -0.2) is 55.5 Å². The van der Waals surface area contributed by atoms with E-state index in [-0.39, 0.29) is 11.1 Å². The fraction of sp³-hybridized carbons (Fsp3) is 0.231. The lowest BCUT2D eigenvalue weighted by atomic mass is 10.0. The van der Waals surface area contributed by atoms with Crippen LogP contribution in [0.25, 0.3) is 16.6 Å². The maximum atomic E-state index is 14.8. The lowest BCUT2D eigenvalue weighted by molar-refractivity contribution is 0.0420. The summed E-state index contributed by atoms with van der Waals surface area (Å²) in [6, 6.07) is 8.29. The lowest BCUT2D eigenvalue weighted by Crippen LogP contribution is -2.47. The van der Waals surface area contributed by atoms with Gasteiger partial charge in [0.05, 0.1) is 29.2 Å². The second kappa shape index (κ2) is 8.91. The molecule has 8 nitrogen and oxygen atoms in total. The number of rotatable bonds is 5. The number of hydrogen-bond donors (Lipinski definition) is 0.